The Kier molecular flexibility index (Phi) is 5.93. The fraction of sp³-hybridized carbons (Fsp3) is 0.238. The van der Waals surface area contributed by atoms with E-state index < -0.39 is 17.6 Å². The van der Waals surface area contributed by atoms with Crippen molar-refractivity contribution in [2.45, 2.75) is 31.5 Å². The zero-order valence-electron chi connectivity index (χ0n) is 15.4. The number of para-hydroxylation sites is 1. The number of hydrogen-bond acceptors (Lipinski definition) is 3. The van der Waals surface area contributed by atoms with Crippen LogP contribution in [0.5, 0.6) is 0 Å². The second kappa shape index (κ2) is 8.22. The summed E-state index contributed by atoms with van der Waals surface area (Å²) in [5.74, 6) is -0.529. The third kappa shape index (κ3) is 4.65. The molecule has 0 aliphatic carbocycles. The van der Waals surface area contributed by atoms with Crippen molar-refractivity contribution in [2.24, 2.45) is 0 Å². The average molecular weight is 404 g/mol. The van der Waals surface area contributed by atoms with Crippen molar-refractivity contribution in [1.29, 1.82) is 0 Å². The molecule has 3 aromatic rings. The zero-order valence-corrected chi connectivity index (χ0v) is 16.2. The number of benzene rings is 2. The molecule has 1 aromatic heterocycles. The molecular formula is C21H19F3N2OS. The van der Waals surface area contributed by atoms with Gasteiger partial charge in [-0.1, -0.05) is 42.4 Å². The first-order valence-corrected chi connectivity index (χ1v) is 9.75. The summed E-state index contributed by atoms with van der Waals surface area (Å²) in [5, 5.41) is 4.11. The van der Waals surface area contributed by atoms with Crippen LogP contribution in [0, 0.1) is 6.92 Å². The lowest BCUT2D eigenvalue weighted by atomic mass is 10.1. The van der Waals surface area contributed by atoms with Gasteiger partial charge < -0.3 is 5.32 Å². The molecule has 0 aliphatic heterocycles. The highest BCUT2D eigenvalue weighted by Gasteiger charge is 2.33. The Morgan fingerprint density at radius 1 is 1.14 bits per heavy atom. The predicted octanol–water partition coefficient (Wildman–Crippen LogP) is 5.86. The van der Waals surface area contributed by atoms with E-state index in [1.807, 2.05) is 26.0 Å². The van der Waals surface area contributed by atoms with E-state index in [1.54, 1.807) is 0 Å². The van der Waals surface area contributed by atoms with Gasteiger partial charge in [0.15, 0.2) is 0 Å². The van der Waals surface area contributed by atoms with E-state index in [0.29, 0.717) is 0 Å². The maximum atomic E-state index is 13.1. The van der Waals surface area contributed by atoms with E-state index in [4.69, 9.17) is 0 Å². The molecule has 0 aliphatic rings. The molecule has 3 rings (SSSR count). The van der Waals surface area contributed by atoms with Crippen LogP contribution in [0.15, 0.2) is 53.6 Å². The highest BCUT2D eigenvalue weighted by Crippen LogP contribution is 2.34. The smallest absolute Gasteiger partial charge is 0.325 e. The molecule has 28 heavy (non-hydrogen) atoms. The lowest BCUT2D eigenvalue weighted by molar-refractivity contribution is -0.137. The van der Waals surface area contributed by atoms with Gasteiger partial charge in [-0.3, -0.25) is 4.79 Å². The van der Waals surface area contributed by atoms with Crippen molar-refractivity contribution >= 4 is 34.3 Å². The summed E-state index contributed by atoms with van der Waals surface area (Å²) in [5.41, 5.74) is 1.87. The Balaban J connectivity index is 1.76. The summed E-state index contributed by atoms with van der Waals surface area (Å²) in [6, 6.07) is 12.9. The van der Waals surface area contributed by atoms with Crippen LogP contribution in [0.1, 0.15) is 23.6 Å². The van der Waals surface area contributed by atoms with Gasteiger partial charge in [-0.2, -0.15) is 13.2 Å². The van der Waals surface area contributed by atoms with Crippen molar-refractivity contribution in [3.05, 3.63) is 65.2 Å². The number of alkyl halides is 3. The molecule has 0 bridgehead atoms. The molecule has 7 heteroatoms. The number of carbonyl (C=O) groups excluding carboxylic acids is 1. The van der Waals surface area contributed by atoms with Crippen molar-refractivity contribution in [3.63, 3.8) is 0 Å². The van der Waals surface area contributed by atoms with E-state index >= 15 is 0 Å². The van der Waals surface area contributed by atoms with Gasteiger partial charge in [0, 0.05) is 5.39 Å². The normalized spacial score (nSPS) is 11.6. The Bertz CT molecular complexity index is 1020. The fourth-order valence-electron chi connectivity index (χ4n) is 2.86. The van der Waals surface area contributed by atoms with Crippen LogP contribution in [-0.4, -0.2) is 16.6 Å². The van der Waals surface area contributed by atoms with Crippen molar-refractivity contribution < 1.29 is 18.0 Å². The first-order chi connectivity index (χ1) is 13.3. The molecule has 0 radical (unpaired) electrons. The minimum Gasteiger partial charge on any atom is -0.325 e. The molecule has 1 N–H and O–H groups in total. The maximum absolute atomic E-state index is 13.1. The number of anilines is 1. The minimum absolute atomic E-state index is 0.0242. The number of aromatic nitrogens is 1. The van der Waals surface area contributed by atoms with Crippen LogP contribution in [0.4, 0.5) is 18.9 Å². The Labute approximate surface area is 165 Å². The van der Waals surface area contributed by atoms with Crippen LogP contribution in [0.3, 0.4) is 0 Å². The van der Waals surface area contributed by atoms with Crippen molar-refractivity contribution in [2.75, 3.05) is 11.1 Å². The molecule has 0 unspecified atom stereocenters. The molecule has 0 spiro atoms. The molecule has 0 atom stereocenters. The third-order valence-corrected chi connectivity index (χ3v) is 5.27. The number of amides is 1. The van der Waals surface area contributed by atoms with E-state index in [0.717, 1.165) is 39.5 Å². The number of halogens is 3. The molecule has 0 fully saturated rings. The average Bonchev–Trinajstić information content (AvgIpc) is 2.65. The summed E-state index contributed by atoms with van der Waals surface area (Å²) < 4.78 is 39.2. The monoisotopic (exact) mass is 404 g/mol. The Morgan fingerprint density at radius 2 is 1.89 bits per heavy atom. The minimum atomic E-state index is -4.52. The van der Waals surface area contributed by atoms with Crippen LogP contribution < -0.4 is 5.32 Å². The third-order valence-electron chi connectivity index (χ3n) is 4.24. The second-order valence-corrected chi connectivity index (χ2v) is 7.35. The number of pyridine rings is 1. The first-order valence-electron chi connectivity index (χ1n) is 8.77. The number of thioether (sulfide) groups is 1. The van der Waals surface area contributed by atoms with Crippen LogP contribution in [-0.2, 0) is 17.4 Å². The van der Waals surface area contributed by atoms with Crippen LogP contribution in [0.25, 0.3) is 10.9 Å². The van der Waals surface area contributed by atoms with Gasteiger partial charge >= 0.3 is 6.18 Å². The quantitative estimate of drug-likeness (QED) is 0.542. The summed E-state index contributed by atoms with van der Waals surface area (Å²) in [6.45, 7) is 4.01. The molecule has 0 saturated heterocycles. The maximum Gasteiger partial charge on any atom is 0.418 e. The second-order valence-electron chi connectivity index (χ2n) is 6.38. The summed E-state index contributed by atoms with van der Waals surface area (Å²) in [7, 11) is 0. The number of nitrogens with zero attached hydrogens (tertiary/aromatic N) is 1. The number of aryl methyl sites for hydroxylation is 2. The van der Waals surface area contributed by atoms with E-state index in [1.165, 1.54) is 30.0 Å². The number of carbonyl (C=O) groups is 1. The Morgan fingerprint density at radius 3 is 2.61 bits per heavy atom. The van der Waals surface area contributed by atoms with Crippen LogP contribution >= 0.6 is 11.8 Å². The largest absolute Gasteiger partial charge is 0.418 e. The van der Waals surface area contributed by atoms with E-state index in [-0.39, 0.29) is 11.4 Å². The first kappa shape index (κ1) is 20.2. The van der Waals surface area contributed by atoms with Crippen molar-refractivity contribution in [1.82, 2.24) is 4.98 Å². The molecular weight excluding hydrogens is 385 g/mol. The molecule has 0 saturated carbocycles. The van der Waals surface area contributed by atoms with Crippen LogP contribution in [0.2, 0.25) is 0 Å². The standard InChI is InChI=1S/C21H19F3N2OS/c1-3-14-11-15-10-13(2)8-9-17(15)26-20(14)28-12-19(27)25-18-7-5-4-6-16(18)21(22,23)24/h4-11H,3,12H2,1-2H3,(H,25,27). The summed E-state index contributed by atoms with van der Waals surface area (Å²) in [6.07, 6.45) is -3.78. The van der Waals surface area contributed by atoms with Gasteiger partial charge in [-0.25, -0.2) is 4.98 Å². The van der Waals surface area contributed by atoms with Gasteiger partial charge in [0.1, 0.15) is 5.03 Å². The molecule has 1 heterocycles. The highest BCUT2D eigenvalue weighted by molar-refractivity contribution is 8.00. The molecule has 146 valence electrons. The number of rotatable bonds is 5. The number of fused-ring (bicyclic) bond motifs is 1. The van der Waals surface area contributed by atoms with Gasteiger partial charge in [-0.15, -0.1) is 0 Å². The fourth-order valence-corrected chi connectivity index (χ4v) is 3.75. The number of nitrogens with one attached hydrogen (secondary N) is 1. The van der Waals surface area contributed by atoms with Crippen molar-refractivity contribution in [3.8, 4) is 0 Å². The van der Waals surface area contributed by atoms with E-state index in [9.17, 15) is 18.0 Å². The summed E-state index contributed by atoms with van der Waals surface area (Å²) >= 11 is 1.23. The predicted molar refractivity (Wildman–Crippen MR) is 107 cm³/mol. The Hall–Kier alpha value is -2.54. The highest BCUT2D eigenvalue weighted by atomic mass is 32.2. The SMILES string of the molecule is CCc1cc2cc(C)ccc2nc1SCC(=O)Nc1ccccc1C(F)(F)F. The summed E-state index contributed by atoms with van der Waals surface area (Å²) in [4.78, 5) is 16.9. The topological polar surface area (TPSA) is 42.0 Å². The zero-order chi connectivity index (χ0) is 20.3. The molecule has 3 nitrogen and oxygen atoms in total. The van der Waals surface area contributed by atoms with Gasteiger partial charge in [0.2, 0.25) is 5.91 Å². The number of hydrogen-bond donors (Lipinski definition) is 1. The van der Waals surface area contributed by atoms with Gasteiger partial charge in [-0.05, 0) is 49.2 Å². The van der Waals surface area contributed by atoms with E-state index in [2.05, 4.69) is 22.4 Å². The van der Waals surface area contributed by atoms with Gasteiger partial charge in [0.05, 0.1) is 22.5 Å². The van der Waals surface area contributed by atoms with Gasteiger partial charge in [0.25, 0.3) is 0 Å². The molecule has 2 aromatic carbocycles. The lowest BCUT2D eigenvalue weighted by Crippen LogP contribution is -2.18. The lowest BCUT2D eigenvalue weighted by Gasteiger charge is -2.14. The molecule has 1 amide bonds.